The molecule has 146 valence electrons. The van der Waals surface area contributed by atoms with Crippen LogP contribution in [-0.2, 0) is 14.9 Å². The molecule has 0 bridgehead atoms. The van der Waals surface area contributed by atoms with E-state index in [2.05, 4.69) is 9.62 Å². The quantitative estimate of drug-likeness (QED) is 0.775. The zero-order valence-corrected chi connectivity index (χ0v) is 16.5. The van der Waals surface area contributed by atoms with Crippen molar-refractivity contribution in [3.63, 3.8) is 0 Å². The lowest BCUT2D eigenvalue weighted by molar-refractivity contribution is -0.0350. The van der Waals surface area contributed by atoms with Gasteiger partial charge < -0.3 is 4.74 Å². The van der Waals surface area contributed by atoms with E-state index in [-0.39, 0.29) is 11.6 Å². The van der Waals surface area contributed by atoms with Crippen LogP contribution in [-0.4, -0.2) is 69.1 Å². The van der Waals surface area contributed by atoms with Crippen LogP contribution in [0.1, 0.15) is 64.2 Å². The van der Waals surface area contributed by atoms with E-state index in [1.54, 1.807) is 11.4 Å². The van der Waals surface area contributed by atoms with Crippen molar-refractivity contribution in [2.24, 2.45) is 0 Å². The summed E-state index contributed by atoms with van der Waals surface area (Å²) in [6.45, 7) is 3.89. The van der Waals surface area contributed by atoms with Crippen molar-refractivity contribution < 1.29 is 13.2 Å². The molecule has 0 atom stereocenters. The van der Waals surface area contributed by atoms with Crippen molar-refractivity contribution in [3.8, 4) is 0 Å². The molecule has 0 unspecified atom stereocenters. The number of ether oxygens (including phenoxy) is 1. The third kappa shape index (κ3) is 4.75. The maximum Gasteiger partial charge on any atom is 0.279 e. The molecule has 1 heterocycles. The molecule has 7 heteroatoms. The molecule has 2 aliphatic carbocycles. The van der Waals surface area contributed by atoms with Gasteiger partial charge in [-0.25, -0.2) is 4.72 Å². The van der Waals surface area contributed by atoms with Crippen molar-refractivity contribution in [2.75, 3.05) is 39.9 Å². The Labute approximate surface area is 153 Å². The van der Waals surface area contributed by atoms with Crippen LogP contribution < -0.4 is 4.72 Å². The predicted molar refractivity (Wildman–Crippen MR) is 99.8 cm³/mol. The van der Waals surface area contributed by atoms with E-state index in [1.165, 1.54) is 25.7 Å². The van der Waals surface area contributed by atoms with Crippen LogP contribution in [0.15, 0.2) is 0 Å². The summed E-state index contributed by atoms with van der Waals surface area (Å²) >= 11 is 0. The second-order valence-corrected chi connectivity index (χ2v) is 9.83. The van der Waals surface area contributed by atoms with E-state index < -0.39 is 10.2 Å². The largest absolute Gasteiger partial charge is 0.379 e. The summed E-state index contributed by atoms with van der Waals surface area (Å²) in [4.78, 5) is 2.48. The Balaban J connectivity index is 1.65. The minimum atomic E-state index is -3.41. The lowest BCUT2D eigenvalue weighted by Gasteiger charge is -2.48. The van der Waals surface area contributed by atoms with Gasteiger partial charge in [-0.2, -0.15) is 12.7 Å². The minimum absolute atomic E-state index is 0.0253. The van der Waals surface area contributed by atoms with Crippen LogP contribution in [0, 0.1) is 0 Å². The van der Waals surface area contributed by atoms with E-state index in [9.17, 15) is 8.42 Å². The molecule has 0 aromatic heterocycles. The molecule has 6 nitrogen and oxygen atoms in total. The fraction of sp³-hybridized carbons (Fsp3) is 1.00. The zero-order chi connectivity index (χ0) is 17.8. The summed E-state index contributed by atoms with van der Waals surface area (Å²) < 4.78 is 35.8. The minimum Gasteiger partial charge on any atom is -0.379 e. The maximum atomic E-state index is 12.9. The van der Waals surface area contributed by atoms with Gasteiger partial charge in [-0.15, -0.1) is 0 Å². The molecular weight excluding hydrogens is 338 g/mol. The van der Waals surface area contributed by atoms with Gasteiger partial charge in [0.15, 0.2) is 0 Å². The van der Waals surface area contributed by atoms with E-state index in [0.29, 0.717) is 6.54 Å². The van der Waals surface area contributed by atoms with Crippen molar-refractivity contribution in [1.29, 1.82) is 0 Å². The molecule has 2 saturated carbocycles. The van der Waals surface area contributed by atoms with Gasteiger partial charge >= 0.3 is 0 Å². The first-order valence-electron chi connectivity index (χ1n) is 10.1. The molecule has 3 aliphatic rings. The number of nitrogens with zero attached hydrogens (tertiary/aromatic N) is 2. The molecule has 0 spiro atoms. The van der Waals surface area contributed by atoms with Gasteiger partial charge in [-0.1, -0.05) is 38.5 Å². The van der Waals surface area contributed by atoms with Gasteiger partial charge in [-0.3, -0.25) is 4.90 Å². The highest BCUT2D eigenvalue weighted by molar-refractivity contribution is 7.87. The van der Waals surface area contributed by atoms with Gasteiger partial charge in [0.05, 0.1) is 13.2 Å². The second kappa shape index (κ2) is 8.65. The van der Waals surface area contributed by atoms with Gasteiger partial charge in [0, 0.05) is 38.3 Å². The molecule has 1 N–H and O–H groups in total. The summed E-state index contributed by atoms with van der Waals surface area (Å²) in [5.74, 6) is 0. The number of rotatable bonds is 6. The average molecular weight is 374 g/mol. The van der Waals surface area contributed by atoms with Gasteiger partial charge in [-0.05, 0) is 25.7 Å². The van der Waals surface area contributed by atoms with E-state index in [1.807, 2.05) is 0 Å². The van der Waals surface area contributed by atoms with Crippen molar-refractivity contribution in [3.05, 3.63) is 0 Å². The summed E-state index contributed by atoms with van der Waals surface area (Å²) in [6.07, 6.45) is 11.3. The lowest BCUT2D eigenvalue weighted by Crippen LogP contribution is -2.60. The molecule has 0 amide bonds. The first kappa shape index (κ1) is 19.5. The highest BCUT2D eigenvalue weighted by atomic mass is 32.2. The monoisotopic (exact) mass is 373 g/mol. The van der Waals surface area contributed by atoms with Crippen LogP contribution in [0.3, 0.4) is 0 Å². The predicted octanol–water partition coefficient (Wildman–Crippen LogP) is 2.12. The number of hydrogen-bond acceptors (Lipinski definition) is 4. The van der Waals surface area contributed by atoms with Gasteiger partial charge in [0.2, 0.25) is 0 Å². The van der Waals surface area contributed by atoms with E-state index in [4.69, 9.17) is 4.74 Å². The average Bonchev–Trinajstić information content (AvgIpc) is 2.68. The molecule has 1 saturated heterocycles. The molecular formula is C18H35N3O3S. The SMILES string of the molecule is CN(C1CCCCC1)S(=O)(=O)NCC1(N2CCOCC2)CCCCC1. The first-order valence-corrected chi connectivity index (χ1v) is 11.5. The maximum absolute atomic E-state index is 12.9. The number of hydrogen-bond donors (Lipinski definition) is 1. The molecule has 25 heavy (non-hydrogen) atoms. The van der Waals surface area contributed by atoms with Gasteiger partial charge in [0.1, 0.15) is 0 Å². The van der Waals surface area contributed by atoms with Crippen molar-refractivity contribution in [2.45, 2.75) is 75.8 Å². The molecule has 1 aliphatic heterocycles. The van der Waals surface area contributed by atoms with Crippen LogP contribution in [0.25, 0.3) is 0 Å². The Bertz CT molecular complexity index is 508. The van der Waals surface area contributed by atoms with Gasteiger partial charge in [0.25, 0.3) is 10.2 Å². The van der Waals surface area contributed by atoms with Crippen LogP contribution >= 0.6 is 0 Å². The van der Waals surface area contributed by atoms with Crippen LogP contribution in [0.2, 0.25) is 0 Å². The third-order valence-corrected chi connectivity index (χ3v) is 8.08. The highest BCUT2D eigenvalue weighted by Crippen LogP contribution is 2.34. The molecule has 0 aromatic rings. The summed E-state index contributed by atoms with van der Waals surface area (Å²) in [6, 6.07) is 0.164. The smallest absolute Gasteiger partial charge is 0.279 e. The van der Waals surface area contributed by atoms with E-state index >= 15 is 0 Å². The standard InChI is InChI=1S/C18H35N3O3S/c1-20(17-8-4-2-5-9-17)25(22,23)19-16-18(10-6-3-7-11-18)21-12-14-24-15-13-21/h17,19H,2-16H2,1H3. The molecule has 0 radical (unpaired) electrons. The van der Waals surface area contributed by atoms with Crippen molar-refractivity contribution in [1.82, 2.24) is 13.9 Å². The molecule has 3 rings (SSSR count). The number of nitrogens with one attached hydrogen (secondary N) is 1. The zero-order valence-electron chi connectivity index (χ0n) is 15.7. The van der Waals surface area contributed by atoms with Crippen molar-refractivity contribution >= 4 is 10.2 Å². The summed E-state index contributed by atoms with van der Waals surface area (Å²) in [5.41, 5.74) is -0.0253. The molecule has 3 fully saturated rings. The fourth-order valence-corrected chi connectivity index (χ4v) is 6.08. The third-order valence-electron chi connectivity index (χ3n) is 6.52. The lowest BCUT2D eigenvalue weighted by atomic mass is 9.80. The van der Waals surface area contributed by atoms with Crippen LogP contribution in [0.4, 0.5) is 0 Å². The Morgan fingerprint density at radius 1 is 1.04 bits per heavy atom. The number of morpholine rings is 1. The summed E-state index contributed by atoms with van der Waals surface area (Å²) in [7, 11) is -1.66. The second-order valence-electron chi connectivity index (χ2n) is 8.02. The Morgan fingerprint density at radius 2 is 1.64 bits per heavy atom. The molecule has 0 aromatic carbocycles. The Hall–Kier alpha value is -0.210. The Morgan fingerprint density at radius 3 is 2.28 bits per heavy atom. The van der Waals surface area contributed by atoms with Crippen LogP contribution in [0.5, 0.6) is 0 Å². The summed E-state index contributed by atoms with van der Waals surface area (Å²) in [5, 5.41) is 0. The first-order chi connectivity index (χ1) is 12.0. The topological polar surface area (TPSA) is 61.9 Å². The van der Waals surface area contributed by atoms with E-state index in [0.717, 1.165) is 64.8 Å². The Kier molecular flexibility index (Phi) is 6.77. The fourth-order valence-electron chi connectivity index (χ4n) is 4.82. The highest BCUT2D eigenvalue weighted by Gasteiger charge is 2.40. The normalized spacial score (nSPS) is 26.8.